The van der Waals surface area contributed by atoms with Crippen LogP contribution in [0.25, 0.3) is 0 Å². The maximum atomic E-state index is 5.47. The lowest BCUT2D eigenvalue weighted by Gasteiger charge is -2.11. The molecule has 0 unspecified atom stereocenters. The Morgan fingerprint density at radius 3 is 2.60 bits per heavy atom. The standard InChI is InChI=1S/C16H21IN2O/c1-5-13-16(17)14(6-2)19(18-13)10-12-9-11(3)7-8-15(12)20-4/h7-9H,5-6,10H2,1-4H3. The van der Waals surface area contributed by atoms with Crippen molar-refractivity contribution in [2.75, 3.05) is 7.11 Å². The molecule has 0 aliphatic carbocycles. The second-order valence-corrected chi connectivity index (χ2v) is 5.97. The second kappa shape index (κ2) is 6.61. The van der Waals surface area contributed by atoms with Gasteiger partial charge < -0.3 is 4.74 Å². The van der Waals surface area contributed by atoms with Crippen molar-refractivity contribution in [2.45, 2.75) is 40.2 Å². The summed E-state index contributed by atoms with van der Waals surface area (Å²) < 4.78 is 8.89. The summed E-state index contributed by atoms with van der Waals surface area (Å²) in [5.41, 5.74) is 4.93. The van der Waals surface area contributed by atoms with Gasteiger partial charge in [0.2, 0.25) is 0 Å². The quantitative estimate of drug-likeness (QED) is 0.730. The van der Waals surface area contributed by atoms with E-state index in [9.17, 15) is 0 Å². The van der Waals surface area contributed by atoms with Crippen LogP contribution in [0.4, 0.5) is 0 Å². The van der Waals surface area contributed by atoms with E-state index in [0.717, 1.165) is 25.1 Å². The first-order chi connectivity index (χ1) is 9.60. The number of aromatic nitrogens is 2. The number of halogens is 1. The van der Waals surface area contributed by atoms with E-state index in [1.165, 1.54) is 26.1 Å². The van der Waals surface area contributed by atoms with E-state index < -0.39 is 0 Å². The Morgan fingerprint density at radius 2 is 2.00 bits per heavy atom. The van der Waals surface area contributed by atoms with Gasteiger partial charge in [0.15, 0.2) is 0 Å². The first-order valence-corrected chi connectivity index (χ1v) is 8.06. The Morgan fingerprint density at radius 1 is 1.25 bits per heavy atom. The van der Waals surface area contributed by atoms with Crippen LogP contribution in [0.2, 0.25) is 0 Å². The summed E-state index contributed by atoms with van der Waals surface area (Å²) in [6, 6.07) is 6.29. The number of methoxy groups -OCH3 is 1. The highest BCUT2D eigenvalue weighted by Gasteiger charge is 2.14. The summed E-state index contributed by atoms with van der Waals surface area (Å²) in [5, 5.41) is 4.75. The zero-order valence-corrected chi connectivity index (χ0v) is 14.7. The number of hydrogen-bond donors (Lipinski definition) is 0. The van der Waals surface area contributed by atoms with Crippen molar-refractivity contribution in [1.29, 1.82) is 0 Å². The van der Waals surface area contributed by atoms with Crippen LogP contribution in [0.5, 0.6) is 5.75 Å². The van der Waals surface area contributed by atoms with E-state index in [4.69, 9.17) is 9.84 Å². The van der Waals surface area contributed by atoms with Gasteiger partial charge >= 0.3 is 0 Å². The molecule has 0 radical (unpaired) electrons. The van der Waals surface area contributed by atoms with Crippen molar-refractivity contribution in [2.24, 2.45) is 0 Å². The van der Waals surface area contributed by atoms with E-state index in [1.54, 1.807) is 7.11 Å². The monoisotopic (exact) mass is 384 g/mol. The molecule has 0 amide bonds. The summed E-state index contributed by atoms with van der Waals surface area (Å²) in [6.07, 6.45) is 1.97. The molecule has 0 aliphatic heterocycles. The van der Waals surface area contributed by atoms with Gasteiger partial charge in [-0.15, -0.1) is 0 Å². The molecule has 0 saturated heterocycles. The molecule has 2 aromatic rings. The molecule has 0 fully saturated rings. The molecule has 0 bridgehead atoms. The molecule has 20 heavy (non-hydrogen) atoms. The lowest BCUT2D eigenvalue weighted by molar-refractivity contribution is 0.406. The molecule has 0 N–H and O–H groups in total. The maximum absolute atomic E-state index is 5.47. The Labute approximate surface area is 134 Å². The molecule has 4 heteroatoms. The zero-order chi connectivity index (χ0) is 14.7. The minimum Gasteiger partial charge on any atom is -0.496 e. The maximum Gasteiger partial charge on any atom is 0.123 e. The number of nitrogens with zero attached hydrogens (tertiary/aromatic N) is 2. The normalized spacial score (nSPS) is 10.8. The van der Waals surface area contributed by atoms with Crippen molar-refractivity contribution in [3.8, 4) is 5.75 Å². The molecule has 0 spiro atoms. The minimum absolute atomic E-state index is 0.768. The van der Waals surface area contributed by atoms with Crippen molar-refractivity contribution >= 4 is 22.6 Å². The van der Waals surface area contributed by atoms with Crippen molar-refractivity contribution in [1.82, 2.24) is 9.78 Å². The van der Waals surface area contributed by atoms with E-state index >= 15 is 0 Å². The van der Waals surface area contributed by atoms with E-state index in [-0.39, 0.29) is 0 Å². The third kappa shape index (κ3) is 3.00. The highest BCUT2D eigenvalue weighted by Crippen LogP contribution is 2.24. The first-order valence-electron chi connectivity index (χ1n) is 6.98. The van der Waals surface area contributed by atoms with E-state index in [2.05, 4.69) is 60.2 Å². The molecule has 2 rings (SSSR count). The molecule has 1 heterocycles. The summed E-state index contributed by atoms with van der Waals surface area (Å²) in [7, 11) is 1.72. The average Bonchev–Trinajstić information content (AvgIpc) is 2.74. The third-order valence-corrected chi connectivity index (χ3v) is 4.73. The van der Waals surface area contributed by atoms with Crippen molar-refractivity contribution in [3.63, 3.8) is 0 Å². The molecule has 0 saturated carbocycles. The van der Waals surface area contributed by atoms with Crippen LogP contribution in [-0.4, -0.2) is 16.9 Å². The van der Waals surface area contributed by atoms with Crippen LogP contribution in [0.15, 0.2) is 18.2 Å². The Kier molecular flexibility index (Phi) is 5.07. The van der Waals surface area contributed by atoms with Crippen LogP contribution < -0.4 is 4.74 Å². The molecule has 108 valence electrons. The van der Waals surface area contributed by atoms with Gasteiger partial charge in [0.25, 0.3) is 0 Å². The first kappa shape index (κ1) is 15.4. The van der Waals surface area contributed by atoms with Gasteiger partial charge in [-0.1, -0.05) is 31.5 Å². The molecule has 0 atom stereocenters. The SMILES string of the molecule is CCc1nn(Cc2cc(C)ccc2OC)c(CC)c1I. The van der Waals surface area contributed by atoms with Crippen LogP contribution in [0.1, 0.15) is 36.4 Å². The molecule has 1 aromatic carbocycles. The highest BCUT2D eigenvalue weighted by molar-refractivity contribution is 14.1. The number of rotatable bonds is 5. The summed E-state index contributed by atoms with van der Waals surface area (Å²) in [5.74, 6) is 0.932. The smallest absolute Gasteiger partial charge is 0.123 e. The fourth-order valence-electron chi connectivity index (χ4n) is 2.42. The Hall–Kier alpha value is -1.04. The van der Waals surface area contributed by atoms with Crippen LogP contribution in [0, 0.1) is 10.5 Å². The lowest BCUT2D eigenvalue weighted by atomic mass is 10.1. The van der Waals surface area contributed by atoms with Crippen LogP contribution >= 0.6 is 22.6 Å². The fraction of sp³-hybridized carbons (Fsp3) is 0.438. The van der Waals surface area contributed by atoms with Crippen molar-refractivity contribution in [3.05, 3.63) is 44.3 Å². The molecular weight excluding hydrogens is 363 g/mol. The van der Waals surface area contributed by atoms with Gasteiger partial charge in [0, 0.05) is 5.56 Å². The Bertz CT molecular complexity index is 605. The van der Waals surface area contributed by atoms with Gasteiger partial charge in [-0.3, -0.25) is 4.68 Å². The average molecular weight is 384 g/mol. The minimum atomic E-state index is 0.768. The van der Waals surface area contributed by atoms with E-state index in [0.29, 0.717) is 0 Å². The van der Waals surface area contributed by atoms with Gasteiger partial charge in [-0.05, 0) is 48.4 Å². The van der Waals surface area contributed by atoms with Gasteiger partial charge in [-0.2, -0.15) is 5.10 Å². The van der Waals surface area contributed by atoms with Crippen molar-refractivity contribution < 1.29 is 4.74 Å². The molecule has 1 aromatic heterocycles. The predicted octanol–water partition coefficient (Wildman–Crippen LogP) is 3.98. The molecule has 0 aliphatic rings. The van der Waals surface area contributed by atoms with Gasteiger partial charge in [-0.25, -0.2) is 0 Å². The molecular formula is C16H21IN2O. The fourth-order valence-corrected chi connectivity index (χ4v) is 3.57. The largest absolute Gasteiger partial charge is 0.496 e. The predicted molar refractivity (Wildman–Crippen MR) is 90.5 cm³/mol. The number of benzene rings is 1. The molecule has 3 nitrogen and oxygen atoms in total. The summed E-state index contributed by atoms with van der Waals surface area (Å²) in [6.45, 7) is 7.21. The topological polar surface area (TPSA) is 27.1 Å². The highest BCUT2D eigenvalue weighted by atomic mass is 127. The number of hydrogen-bond acceptors (Lipinski definition) is 2. The third-order valence-electron chi connectivity index (χ3n) is 3.49. The Balaban J connectivity index is 2.41. The van der Waals surface area contributed by atoms with Crippen LogP contribution in [0.3, 0.4) is 0 Å². The number of ether oxygens (including phenoxy) is 1. The second-order valence-electron chi connectivity index (χ2n) is 4.89. The van der Waals surface area contributed by atoms with E-state index in [1.807, 2.05) is 6.07 Å². The number of aryl methyl sites for hydroxylation is 2. The zero-order valence-electron chi connectivity index (χ0n) is 12.5. The van der Waals surface area contributed by atoms with Crippen LogP contribution in [-0.2, 0) is 19.4 Å². The van der Waals surface area contributed by atoms with Gasteiger partial charge in [0.1, 0.15) is 5.75 Å². The summed E-state index contributed by atoms with van der Waals surface area (Å²) >= 11 is 2.41. The summed E-state index contributed by atoms with van der Waals surface area (Å²) in [4.78, 5) is 0. The van der Waals surface area contributed by atoms with Gasteiger partial charge in [0.05, 0.1) is 28.6 Å². The lowest BCUT2D eigenvalue weighted by Crippen LogP contribution is -2.08.